The third kappa shape index (κ3) is 1.80. The van der Waals surface area contributed by atoms with Crippen LogP contribution in [0.25, 0.3) is 11.2 Å². The number of aryl methyl sites for hydroxylation is 2. The average Bonchev–Trinajstić information content (AvgIpc) is 2.53. The number of H-pyrrole nitrogens is 1. The molecule has 0 aliphatic rings. The number of nitrogens with one attached hydrogen (secondary N) is 1. The van der Waals surface area contributed by atoms with Crippen molar-refractivity contribution in [3.63, 3.8) is 0 Å². The lowest BCUT2D eigenvalue weighted by atomic mass is 9.97. The van der Waals surface area contributed by atoms with Gasteiger partial charge in [-0.25, -0.2) is 0 Å². The Bertz CT molecular complexity index is 579. The first-order valence-corrected chi connectivity index (χ1v) is 5.82. The number of aromatic nitrogens is 4. The molecule has 2 aromatic rings. The van der Waals surface area contributed by atoms with Gasteiger partial charge in [0.25, 0.3) is 0 Å². The van der Waals surface area contributed by atoms with Gasteiger partial charge in [-0.05, 0) is 24.6 Å². The van der Waals surface area contributed by atoms with E-state index in [0.717, 1.165) is 28.2 Å². The fourth-order valence-corrected chi connectivity index (χ4v) is 2.25. The maximum atomic E-state index is 5.36. The summed E-state index contributed by atoms with van der Waals surface area (Å²) in [5.41, 5.74) is 3.33. The molecule has 0 saturated heterocycles. The van der Waals surface area contributed by atoms with Crippen molar-refractivity contribution in [3.05, 3.63) is 10.5 Å². The lowest BCUT2D eigenvalue weighted by Crippen LogP contribution is -2.16. The predicted molar refractivity (Wildman–Crippen MR) is 68.1 cm³/mol. The summed E-state index contributed by atoms with van der Waals surface area (Å²) in [6.45, 7) is 9.50. The maximum absolute atomic E-state index is 5.36. The van der Waals surface area contributed by atoms with E-state index < -0.39 is 0 Å². The molecule has 0 aromatic carbocycles. The molecule has 2 aromatic heterocycles. The zero-order valence-electron chi connectivity index (χ0n) is 10.5. The van der Waals surface area contributed by atoms with Gasteiger partial charge in [0.2, 0.25) is 0 Å². The van der Waals surface area contributed by atoms with E-state index in [-0.39, 0.29) is 5.41 Å². The molecule has 0 aliphatic carbocycles. The SMILES string of the molecule is Cc1nn(C)c2c1[nH]c(=S)n2CC(C)(C)C. The van der Waals surface area contributed by atoms with Crippen LogP contribution in [0.3, 0.4) is 0 Å². The standard InChI is InChI=1S/C11H18N4S/c1-7-8-9(14(5)13-7)15(10(16)12-8)6-11(2,3)4/h6H2,1-5H3,(H,12,16). The van der Waals surface area contributed by atoms with E-state index in [0.29, 0.717) is 0 Å². The zero-order chi connectivity index (χ0) is 12.1. The van der Waals surface area contributed by atoms with Crippen molar-refractivity contribution in [1.82, 2.24) is 19.3 Å². The summed E-state index contributed by atoms with van der Waals surface area (Å²) in [6.07, 6.45) is 0. The number of aromatic amines is 1. The summed E-state index contributed by atoms with van der Waals surface area (Å²) in [4.78, 5) is 3.23. The van der Waals surface area contributed by atoms with Crippen LogP contribution in [0.15, 0.2) is 0 Å². The first kappa shape index (κ1) is 11.4. The normalized spacial score (nSPS) is 12.6. The van der Waals surface area contributed by atoms with Crippen LogP contribution < -0.4 is 0 Å². The summed E-state index contributed by atoms with van der Waals surface area (Å²) in [6, 6.07) is 0. The lowest BCUT2D eigenvalue weighted by Gasteiger charge is -2.19. The smallest absolute Gasteiger partial charge is 0.179 e. The number of rotatable bonds is 1. The predicted octanol–water partition coefficient (Wildman–Crippen LogP) is 2.79. The fourth-order valence-electron chi connectivity index (χ4n) is 1.99. The number of nitrogens with zero attached hydrogens (tertiary/aromatic N) is 3. The molecule has 0 radical (unpaired) electrons. The van der Waals surface area contributed by atoms with Gasteiger partial charge in [-0.15, -0.1) is 0 Å². The molecule has 0 bridgehead atoms. The summed E-state index contributed by atoms with van der Waals surface area (Å²) >= 11 is 5.36. The molecule has 2 heterocycles. The van der Waals surface area contributed by atoms with Crippen LogP contribution in [0.1, 0.15) is 26.5 Å². The van der Waals surface area contributed by atoms with Gasteiger partial charge < -0.3 is 9.55 Å². The summed E-state index contributed by atoms with van der Waals surface area (Å²) in [7, 11) is 1.96. The Kier molecular flexibility index (Phi) is 2.45. The van der Waals surface area contributed by atoms with Gasteiger partial charge in [0, 0.05) is 13.6 Å². The topological polar surface area (TPSA) is 38.5 Å². The second-order valence-electron chi connectivity index (χ2n) is 5.48. The lowest BCUT2D eigenvalue weighted by molar-refractivity contribution is 0.344. The summed E-state index contributed by atoms with van der Waals surface area (Å²) in [5, 5.41) is 4.40. The highest BCUT2D eigenvalue weighted by Gasteiger charge is 2.17. The molecule has 0 amide bonds. The molecule has 88 valence electrons. The zero-order valence-corrected chi connectivity index (χ0v) is 11.3. The number of fused-ring (bicyclic) bond motifs is 1. The van der Waals surface area contributed by atoms with E-state index >= 15 is 0 Å². The van der Waals surface area contributed by atoms with Crippen LogP contribution in [0, 0.1) is 17.1 Å². The molecule has 0 atom stereocenters. The Balaban J connectivity index is 2.69. The quantitative estimate of drug-likeness (QED) is 0.776. The van der Waals surface area contributed by atoms with Crippen LogP contribution in [0.5, 0.6) is 0 Å². The molecule has 0 aliphatic heterocycles. The third-order valence-electron chi connectivity index (χ3n) is 2.56. The van der Waals surface area contributed by atoms with Crippen molar-refractivity contribution in [2.24, 2.45) is 12.5 Å². The monoisotopic (exact) mass is 238 g/mol. The molecule has 4 nitrogen and oxygen atoms in total. The average molecular weight is 238 g/mol. The molecular formula is C11H18N4S. The maximum Gasteiger partial charge on any atom is 0.179 e. The third-order valence-corrected chi connectivity index (χ3v) is 2.88. The highest BCUT2D eigenvalue weighted by atomic mass is 32.1. The van der Waals surface area contributed by atoms with Gasteiger partial charge in [0.15, 0.2) is 10.4 Å². The minimum atomic E-state index is 0.200. The largest absolute Gasteiger partial charge is 0.328 e. The van der Waals surface area contributed by atoms with Crippen LogP contribution in [-0.4, -0.2) is 19.3 Å². The minimum Gasteiger partial charge on any atom is -0.328 e. The molecule has 0 fully saturated rings. The second kappa shape index (κ2) is 3.45. The highest BCUT2D eigenvalue weighted by Crippen LogP contribution is 2.22. The van der Waals surface area contributed by atoms with Gasteiger partial charge in [-0.1, -0.05) is 20.8 Å². The van der Waals surface area contributed by atoms with Crippen LogP contribution in [0.2, 0.25) is 0 Å². The molecule has 2 rings (SSSR count). The molecule has 16 heavy (non-hydrogen) atoms. The van der Waals surface area contributed by atoms with E-state index in [4.69, 9.17) is 12.2 Å². The van der Waals surface area contributed by atoms with Gasteiger partial charge in [0.05, 0.1) is 5.69 Å². The Morgan fingerprint density at radius 1 is 1.38 bits per heavy atom. The van der Waals surface area contributed by atoms with Gasteiger partial charge in [0.1, 0.15) is 5.52 Å². The summed E-state index contributed by atoms with van der Waals surface area (Å²) in [5.74, 6) is 0. The molecule has 1 N–H and O–H groups in total. The Morgan fingerprint density at radius 2 is 2.00 bits per heavy atom. The van der Waals surface area contributed by atoms with E-state index in [1.807, 2.05) is 18.7 Å². The molecular weight excluding hydrogens is 220 g/mol. The Morgan fingerprint density at radius 3 is 2.56 bits per heavy atom. The molecule has 0 unspecified atom stereocenters. The highest BCUT2D eigenvalue weighted by molar-refractivity contribution is 7.71. The van der Waals surface area contributed by atoms with Gasteiger partial charge in [-0.3, -0.25) is 4.68 Å². The first-order chi connectivity index (χ1) is 7.29. The summed E-state index contributed by atoms with van der Waals surface area (Å²) < 4.78 is 4.80. The van der Waals surface area contributed by atoms with E-state index in [1.54, 1.807) is 0 Å². The molecule has 5 heteroatoms. The van der Waals surface area contributed by atoms with Crippen molar-refractivity contribution in [2.45, 2.75) is 34.2 Å². The van der Waals surface area contributed by atoms with Crippen molar-refractivity contribution >= 4 is 23.4 Å². The van der Waals surface area contributed by atoms with Crippen LogP contribution in [-0.2, 0) is 13.6 Å². The van der Waals surface area contributed by atoms with Gasteiger partial charge in [-0.2, -0.15) is 5.10 Å². The van der Waals surface area contributed by atoms with Gasteiger partial charge >= 0.3 is 0 Å². The fraction of sp³-hybridized carbons (Fsp3) is 0.636. The molecule has 0 spiro atoms. The van der Waals surface area contributed by atoms with Crippen LogP contribution in [0.4, 0.5) is 0 Å². The van der Waals surface area contributed by atoms with Crippen molar-refractivity contribution < 1.29 is 0 Å². The van der Waals surface area contributed by atoms with Crippen molar-refractivity contribution in [3.8, 4) is 0 Å². The Hall–Kier alpha value is -1.10. The molecule has 0 saturated carbocycles. The number of hydrogen-bond acceptors (Lipinski definition) is 2. The minimum absolute atomic E-state index is 0.200. The van der Waals surface area contributed by atoms with E-state index in [1.165, 1.54) is 0 Å². The number of hydrogen-bond donors (Lipinski definition) is 1. The Labute approximate surface area is 100 Å². The van der Waals surface area contributed by atoms with Crippen LogP contribution >= 0.6 is 12.2 Å². The second-order valence-corrected chi connectivity index (χ2v) is 5.87. The van der Waals surface area contributed by atoms with Crippen molar-refractivity contribution in [2.75, 3.05) is 0 Å². The van der Waals surface area contributed by atoms with E-state index in [9.17, 15) is 0 Å². The van der Waals surface area contributed by atoms with E-state index in [2.05, 4.69) is 35.4 Å². The van der Waals surface area contributed by atoms with Crippen molar-refractivity contribution in [1.29, 1.82) is 0 Å². The first-order valence-electron chi connectivity index (χ1n) is 5.42. The number of imidazole rings is 1.